The first kappa shape index (κ1) is 15.7. The molecule has 0 atom stereocenters. The molecule has 1 N–H and O–H groups in total. The van der Waals surface area contributed by atoms with Crippen LogP contribution in [0.4, 0.5) is 0 Å². The number of nitrogens with one attached hydrogen (secondary N) is 1. The molecule has 3 aromatic rings. The zero-order valence-corrected chi connectivity index (χ0v) is 13.6. The number of nitrogens with zero attached hydrogens (tertiary/aromatic N) is 3. The van der Waals surface area contributed by atoms with Crippen molar-refractivity contribution in [1.29, 1.82) is 0 Å². The van der Waals surface area contributed by atoms with Gasteiger partial charge in [-0.3, -0.25) is 14.5 Å². The van der Waals surface area contributed by atoms with Gasteiger partial charge >= 0.3 is 0 Å². The quantitative estimate of drug-likeness (QED) is 0.783. The van der Waals surface area contributed by atoms with Crippen LogP contribution in [0.3, 0.4) is 0 Å². The van der Waals surface area contributed by atoms with E-state index in [0.717, 1.165) is 22.4 Å². The number of benzene rings is 1. The van der Waals surface area contributed by atoms with Crippen LogP contribution >= 0.6 is 0 Å². The largest absolute Gasteiger partial charge is 0.497 e. The van der Waals surface area contributed by atoms with E-state index in [-0.39, 0.29) is 5.91 Å². The Morgan fingerprint density at radius 2 is 1.96 bits per heavy atom. The minimum absolute atomic E-state index is 0.135. The molecule has 0 aliphatic carbocycles. The van der Waals surface area contributed by atoms with Gasteiger partial charge in [0, 0.05) is 48.9 Å². The van der Waals surface area contributed by atoms with E-state index in [4.69, 9.17) is 4.74 Å². The first-order valence-electron chi connectivity index (χ1n) is 7.51. The zero-order chi connectivity index (χ0) is 16.9. The van der Waals surface area contributed by atoms with E-state index in [2.05, 4.69) is 15.4 Å². The van der Waals surface area contributed by atoms with Crippen molar-refractivity contribution in [2.75, 3.05) is 7.11 Å². The van der Waals surface area contributed by atoms with Crippen molar-refractivity contribution in [2.45, 2.75) is 6.54 Å². The third-order valence-corrected chi connectivity index (χ3v) is 3.64. The molecule has 122 valence electrons. The summed E-state index contributed by atoms with van der Waals surface area (Å²) in [6.07, 6.45) is 7.24. The van der Waals surface area contributed by atoms with E-state index in [9.17, 15) is 4.79 Å². The van der Waals surface area contributed by atoms with Gasteiger partial charge in [0.05, 0.1) is 13.3 Å². The molecule has 0 saturated carbocycles. The molecule has 0 radical (unpaired) electrons. The van der Waals surface area contributed by atoms with Gasteiger partial charge < -0.3 is 10.1 Å². The van der Waals surface area contributed by atoms with Crippen molar-refractivity contribution in [2.24, 2.45) is 7.05 Å². The fourth-order valence-corrected chi connectivity index (χ4v) is 2.34. The molecule has 6 nitrogen and oxygen atoms in total. The Labute approximate surface area is 140 Å². The van der Waals surface area contributed by atoms with Crippen molar-refractivity contribution in [3.63, 3.8) is 0 Å². The molecule has 6 heteroatoms. The zero-order valence-electron chi connectivity index (χ0n) is 13.6. The van der Waals surface area contributed by atoms with Crippen LogP contribution in [0.1, 0.15) is 15.9 Å². The molecule has 1 aromatic carbocycles. The summed E-state index contributed by atoms with van der Waals surface area (Å²) in [6, 6.07) is 8.99. The first-order valence-corrected chi connectivity index (χ1v) is 7.51. The predicted molar refractivity (Wildman–Crippen MR) is 90.6 cm³/mol. The molecule has 0 fully saturated rings. The average Bonchev–Trinajstić information content (AvgIpc) is 3.06. The van der Waals surface area contributed by atoms with E-state index in [1.807, 2.05) is 19.3 Å². The number of ether oxygens (including phenoxy) is 1. The molecule has 0 bridgehead atoms. The summed E-state index contributed by atoms with van der Waals surface area (Å²) in [5.41, 5.74) is 3.48. The molecule has 3 rings (SSSR count). The van der Waals surface area contributed by atoms with Gasteiger partial charge in [-0.25, -0.2) is 0 Å². The van der Waals surface area contributed by atoms with Crippen molar-refractivity contribution in [3.05, 3.63) is 66.2 Å². The number of amides is 1. The molecule has 0 aliphatic heterocycles. The minimum atomic E-state index is -0.135. The predicted octanol–water partition coefficient (Wildman–Crippen LogP) is 2.42. The maximum atomic E-state index is 12.2. The number of carbonyl (C=O) groups is 1. The molecule has 2 heterocycles. The number of carbonyl (C=O) groups excluding carboxylic acids is 1. The van der Waals surface area contributed by atoms with Gasteiger partial charge in [-0.1, -0.05) is 0 Å². The van der Waals surface area contributed by atoms with Gasteiger partial charge in [0.25, 0.3) is 5.91 Å². The highest BCUT2D eigenvalue weighted by molar-refractivity contribution is 5.94. The maximum absolute atomic E-state index is 12.2. The lowest BCUT2D eigenvalue weighted by Gasteiger charge is -2.07. The molecule has 0 spiro atoms. The summed E-state index contributed by atoms with van der Waals surface area (Å²) in [5.74, 6) is 0.587. The molecule has 24 heavy (non-hydrogen) atoms. The van der Waals surface area contributed by atoms with Crippen LogP contribution < -0.4 is 10.1 Å². The highest BCUT2D eigenvalue weighted by atomic mass is 16.5. The van der Waals surface area contributed by atoms with Gasteiger partial charge in [-0.15, -0.1) is 0 Å². The Morgan fingerprint density at radius 1 is 1.17 bits per heavy atom. The lowest BCUT2D eigenvalue weighted by molar-refractivity contribution is 0.0951. The topological polar surface area (TPSA) is 69.0 Å². The van der Waals surface area contributed by atoms with Crippen molar-refractivity contribution in [1.82, 2.24) is 20.1 Å². The molecule has 0 aliphatic rings. The molecule has 2 aromatic heterocycles. The van der Waals surface area contributed by atoms with Crippen molar-refractivity contribution in [3.8, 4) is 16.9 Å². The third-order valence-electron chi connectivity index (χ3n) is 3.64. The van der Waals surface area contributed by atoms with Gasteiger partial charge in [0.15, 0.2) is 0 Å². The summed E-state index contributed by atoms with van der Waals surface area (Å²) in [6.45, 7) is 0.409. The van der Waals surface area contributed by atoms with Crippen molar-refractivity contribution >= 4 is 5.91 Å². The van der Waals surface area contributed by atoms with Crippen molar-refractivity contribution < 1.29 is 9.53 Å². The normalized spacial score (nSPS) is 10.4. The van der Waals surface area contributed by atoms with Crippen LogP contribution in [0.5, 0.6) is 5.75 Å². The Balaban J connectivity index is 1.66. The monoisotopic (exact) mass is 322 g/mol. The van der Waals surface area contributed by atoms with E-state index in [1.165, 1.54) is 0 Å². The average molecular weight is 322 g/mol. The number of aromatic nitrogens is 3. The highest BCUT2D eigenvalue weighted by Gasteiger charge is 2.07. The van der Waals surface area contributed by atoms with Crippen LogP contribution in [0.25, 0.3) is 11.1 Å². The summed E-state index contributed by atoms with van der Waals surface area (Å²) < 4.78 is 6.83. The van der Waals surface area contributed by atoms with Crippen LogP contribution in [-0.2, 0) is 13.6 Å². The van der Waals surface area contributed by atoms with Crippen LogP contribution in [0, 0.1) is 0 Å². The molecule has 0 saturated heterocycles. The van der Waals surface area contributed by atoms with Crippen LogP contribution in [-0.4, -0.2) is 27.8 Å². The van der Waals surface area contributed by atoms with Gasteiger partial charge in [0.1, 0.15) is 5.75 Å². The lowest BCUT2D eigenvalue weighted by atomic mass is 10.1. The number of hydrogen-bond acceptors (Lipinski definition) is 4. The SMILES string of the molecule is COc1ccc(C(=O)NCc2cncc(-c3cnn(C)c3)c2)cc1. The second-order valence-electron chi connectivity index (χ2n) is 5.40. The van der Waals surface area contributed by atoms with Gasteiger partial charge in [-0.2, -0.15) is 5.10 Å². The molecule has 0 unspecified atom stereocenters. The molecular weight excluding hydrogens is 304 g/mol. The Morgan fingerprint density at radius 3 is 2.62 bits per heavy atom. The van der Waals surface area contributed by atoms with E-state index >= 15 is 0 Å². The Hall–Kier alpha value is -3.15. The fourth-order valence-electron chi connectivity index (χ4n) is 2.34. The maximum Gasteiger partial charge on any atom is 0.251 e. The van der Waals surface area contributed by atoms with E-state index < -0.39 is 0 Å². The second-order valence-corrected chi connectivity index (χ2v) is 5.40. The lowest BCUT2D eigenvalue weighted by Crippen LogP contribution is -2.22. The fraction of sp³-hybridized carbons (Fsp3) is 0.167. The number of hydrogen-bond donors (Lipinski definition) is 1. The number of methoxy groups -OCH3 is 1. The number of aryl methyl sites for hydroxylation is 1. The van der Waals surface area contributed by atoms with E-state index in [1.54, 1.807) is 54.6 Å². The summed E-state index contributed by atoms with van der Waals surface area (Å²) >= 11 is 0. The molecule has 1 amide bonds. The first-order chi connectivity index (χ1) is 11.7. The Kier molecular flexibility index (Phi) is 4.56. The van der Waals surface area contributed by atoms with Crippen LogP contribution in [0.2, 0.25) is 0 Å². The smallest absolute Gasteiger partial charge is 0.251 e. The molecular formula is C18H18N4O2. The summed E-state index contributed by atoms with van der Waals surface area (Å²) in [7, 11) is 3.47. The summed E-state index contributed by atoms with van der Waals surface area (Å²) in [4.78, 5) is 16.4. The summed E-state index contributed by atoms with van der Waals surface area (Å²) in [5, 5.41) is 7.06. The highest BCUT2D eigenvalue weighted by Crippen LogP contribution is 2.18. The third kappa shape index (κ3) is 3.60. The van der Waals surface area contributed by atoms with Crippen LogP contribution in [0.15, 0.2) is 55.1 Å². The van der Waals surface area contributed by atoms with Gasteiger partial charge in [-0.05, 0) is 35.9 Å². The second kappa shape index (κ2) is 6.95. The number of rotatable bonds is 5. The minimum Gasteiger partial charge on any atom is -0.497 e. The van der Waals surface area contributed by atoms with Gasteiger partial charge in [0.2, 0.25) is 0 Å². The number of pyridine rings is 1. The van der Waals surface area contributed by atoms with E-state index in [0.29, 0.717) is 12.1 Å². The standard InChI is InChI=1S/C18H18N4O2/c1-22-12-16(11-21-22)15-7-13(8-19-10-15)9-20-18(23)14-3-5-17(24-2)6-4-14/h3-8,10-12H,9H2,1-2H3,(H,20,23). The Bertz CT molecular complexity index is 840.